The molecule has 0 saturated heterocycles. The summed E-state index contributed by atoms with van der Waals surface area (Å²) in [6.07, 6.45) is 8.34. The van der Waals surface area contributed by atoms with Gasteiger partial charge >= 0.3 is 0 Å². The molecule has 1 aromatic heterocycles. The number of nitrogens with two attached hydrogens (primary N) is 1. The Morgan fingerprint density at radius 2 is 1.91 bits per heavy atom. The molecule has 1 heterocycles. The highest BCUT2D eigenvalue weighted by Gasteiger charge is 2.23. The van der Waals surface area contributed by atoms with E-state index in [9.17, 15) is 4.79 Å². The van der Waals surface area contributed by atoms with E-state index in [4.69, 9.17) is 20.2 Å². The number of fused-ring (bicyclic) bond motifs is 1. The zero-order valence-electron chi connectivity index (χ0n) is 18.8. The van der Waals surface area contributed by atoms with Gasteiger partial charge in [0.15, 0.2) is 0 Å². The highest BCUT2D eigenvalue weighted by atomic mass is 16.5. The van der Waals surface area contributed by atoms with Crippen molar-refractivity contribution in [3.05, 3.63) is 64.2 Å². The van der Waals surface area contributed by atoms with Crippen LogP contribution in [0.1, 0.15) is 37.1 Å². The Labute approximate surface area is 188 Å². The van der Waals surface area contributed by atoms with Crippen molar-refractivity contribution in [3.63, 3.8) is 0 Å². The molecule has 32 heavy (non-hydrogen) atoms. The minimum Gasteiger partial charge on any atom is -0.497 e. The fraction of sp³-hybridized carbons (Fsp3) is 0.385. The van der Waals surface area contributed by atoms with Crippen molar-refractivity contribution in [1.82, 2.24) is 9.55 Å². The lowest BCUT2D eigenvalue weighted by molar-refractivity contribution is 0.245. The number of benzene rings is 2. The van der Waals surface area contributed by atoms with Gasteiger partial charge in [0.25, 0.3) is 5.56 Å². The van der Waals surface area contributed by atoms with E-state index in [0.29, 0.717) is 41.7 Å². The molecule has 0 amide bonds. The first kappa shape index (κ1) is 22.1. The van der Waals surface area contributed by atoms with Crippen LogP contribution in [0.3, 0.4) is 0 Å². The van der Waals surface area contributed by atoms with Crippen LogP contribution in [0.5, 0.6) is 11.5 Å². The predicted octanol–water partition coefficient (Wildman–Crippen LogP) is 4.35. The number of methoxy groups -OCH3 is 2. The number of para-hydroxylation sites is 1. The van der Waals surface area contributed by atoms with Gasteiger partial charge in [-0.3, -0.25) is 9.36 Å². The molecule has 0 spiro atoms. The van der Waals surface area contributed by atoms with Crippen LogP contribution >= 0.6 is 0 Å². The van der Waals surface area contributed by atoms with Gasteiger partial charge in [-0.25, -0.2) is 4.98 Å². The van der Waals surface area contributed by atoms with Gasteiger partial charge in [-0.15, -0.1) is 0 Å². The molecule has 2 atom stereocenters. The first-order valence-electron chi connectivity index (χ1n) is 11.2. The standard InChI is InChI=1S/C26H31N3O3/c1-31-21-11-12-24(32-2)20(15-21)10-13-25-28-23-9-4-3-8-22(23)26(30)29(25)17-19-7-5-6-18(14-19)16-27/h3-4,8-13,15,18-19H,5-7,14,16-17,27H2,1-2H3/b13-10+. The highest BCUT2D eigenvalue weighted by molar-refractivity contribution is 5.79. The third-order valence-corrected chi connectivity index (χ3v) is 6.41. The summed E-state index contributed by atoms with van der Waals surface area (Å²) in [5.41, 5.74) is 7.51. The van der Waals surface area contributed by atoms with Crippen molar-refractivity contribution in [3.8, 4) is 11.5 Å². The van der Waals surface area contributed by atoms with Gasteiger partial charge in [0.05, 0.1) is 25.1 Å². The summed E-state index contributed by atoms with van der Waals surface area (Å²) in [4.78, 5) is 18.3. The Hall–Kier alpha value is -3.12. The first-order valence-corrected chi connectivity index (χ1v) is 11.2. The van der Waals surface area contributed by atoms with Crippen LogP contribution in [0.15, 0.2) is 47.3 Å². The lowest BCUT2D eigenvalue weighted by Gasteiger charge is -2.29. The van der Waals surface area contributed by atoms with Crippen molar-refractivity contribution < 1.29 is 9.47 Å². The summed E-state index contributed by atoms with van der Waals surface area (Å²) in [6, 6.07) is 13.2. The zero-order chi connectivity index (χ0) is 22.5. The van der Waals surface area contributed by atoms with Gasteiger partial charge < -0.3 is 15.2 Å². The van der Waals surface area contributed by atoms with Crippen molar-refractivity contribution in [1.29, 1.82) is 0 Å². The summed E-state index contributed by atoms with van der Waals surface area (Å²) < 4.78 is 12.7. The fourth-order valence-electron chi connectivity index (χ4n) is 4.66. The lowest BCUT2D eigenvalue weighted by Crippen LogP contribution is -2.31. The van der Waals surface area contributed by atoms with Crippen LogP contribution in [-0.4, -0.2) is 30.3 Å². The number of ether oxygens (including phenoxy) is 2. The summed E-state index contributed by atoms with van der Waals surface area (Å²) in [5.74, 6) is 3.09. The molecule has 0 radical (unpaired) electrons. The first-order chi connectivity index (χ1) is 15.6. The third-order valence-electron chi connectivity index (χ3n) is 6.41. The van der Waals surface area contributed by atoms with Gasteiger partial charge in [0, 0.05) is 12.1 Å². The molecule has 6 heteroatoms. The molecular formula is C26H31N3O3. The van der Waals surface area contributed by atoms with E-state index in [1.807, 2.05) is 59.2 Å². The van der Waals surface area contributed by atoms with Crippen LogP contribution in [0.2, 0.25) is 0 Å². The predicted molar refractivity (Wildman–Crippen MR) is 129 cm³/mol. The molecule has 1 aliphatic carbocycles. The number of nitrogens with zero attached hydrogens (tertiary/aromatic N) is 2. The topological polar surface area (TPSA) is 79.4 Å². The van der Waals surface area contributed by atoms with Crippen LogP contribution in [0.25, 0.3) is 23.1 Å². The van der Waals surface area contributed by atoms with Crippen molar-refractivity contribution in [2.45, 2.75) is 32.2 Å². The number of rotatable bonds is 7. The Balaban J connectivity index is 1.75. The zero-order valence-corrected chi connectivity index (χ0v) is 18.8. The SMILES string of the molecule is COc1ccc(OC)c(/C=C/c2nc3ccccc3c(=O)n2CC2CCCC(CN)C2)c1. The van der Waals surface area contributed by atoms with Crippen LogP contribution in [-0.2, 0) is 6.54 Å². The summed E-state index contributed by atoms with van der Waals surface area (Å²) >= 11 is 0. The van der Waals surface area contributed by atoms with E-state index in [2.05, 4.69) is 0 Å². The monoisotopic (exact) mass is 433 g/mol. The Kier molecular flexibility index (Phi) is 6.90. The van der Waals surface area contributed by atoms with Gasteiger partial charge in [-0.05, 0) is 80.1 Å². The molecule has 3 aromatic rings. The summed E-state index contributed by atoms with van der Waals surface area (Å²) in [5, 5.41) is 0.648. The number of aromatic nitrogens is 2. The largest absolute Gasteiger partial charge is 0.497 e. The van der Waals surface area contributed by atoms with Gasteiger partial charge in [-0.1, -0.05) is 18.6 Å². The molecule has 1 saturated carbocycles. The normalized spacial score (nSPS) is 18.8. The molecule has 6 nitrogen and oxygen atoms in total. The molecule has 1 fully saturated rings. The third kappa shape index (κ3) is 4.70. The van der Waals surface area contributed by atoms with Gasteiger partial charge in [-0.2, -0.15) is 0 Å². The van der Waals surface area contributed by atoms with Crippen LogP contribution in [0, 0.1) is 11.8 Å². The van der Waals surface area contributed by atoms with Crippen molar-refractivity contribution >= 4 is 23.1 Å². The molecule has 0 aliphatic heterocycles. The quantitative estimate of drug-likeness (QED) is 0.599. The Morgan fingerprint density at radius 3 is 2.69 bits per heavy atom. The molecule has 168 valence electrons. The number of hydrogen-bond donors (Lipinski definition) is 1. The molecular weight excluding hydrogens is 402 g/mol. The minimum atomic E-state index is 0.00253. The van der Waals surface area contributed by atoms with Crippen molar-refractivity contribution in [2.24, 2.45) is 17.6 Å². The minimum absolute atomic E-state index is 0.00253. The molecule has 2 unspecified atom stereocenters. The van der Waals surface area contributed by atoms with Crippen LogP contribution in [0.4, 0.5) is 0 Å². The smallest absolute Gasteiger partial charge is 0.261 e. The molecule has 2 N–H and O–H groups in total. The molecule has 1 aliphatic rings. The average molecular weight is 434 g/mol. The molecule has 0 bridgehead atoms. The van der Waals surface area contributed by atoms with E-state index in [1.165, 1.54) is 6.42 Å². The Bertz CT molecular complexity index is 1170. The Morgan fingerprint density at radius 1 is 1.09 bits per heavy atom. The second-order valence-electron chi connectivity index (χ2n) is 8.48. The second-order valence-corrected chi connectivity index (χ2v) is 8.48. The molecule has 4 rings (SSSR count). The van der Waals surface area contributed by atoms with Gasteiger partial charge in [0.1, 0.15) is 17.3 Å². The van der Waals surface area contributed by atoms with Gasteiger partial charge in [0.2, 0.25) is 0 Å². The lowest BCUT2D eigenvalue weighted by atomic mass is 9.81. The average Bonchev–Trinajstić information content (AvgIpc) is 2.84. The number of hydrogen-bond acceptors (Lipinski definition) is 5. The maximum Gasteiger partial charge on any atom is 0.261 e. The van der Waals surface area contributed by atoms with Crippen molar-refractivity contribution in [2.75, 3.05) is 20.8 Å². The van der Waals surface area contributed by atoms with E-state index in [1.54, 1.807) is 14.2 Å². The summed E-state index contributed by atoms with van der Waals surface area (Å²) in [6.45, 7) is 1.37. The summed E-state index contributed by atoms with van der Waals surface area (Å²) in [7, 11) is 3.27. The van der Waals surface area contributed by atoms with E-state index in [0.717, 1.165) is 36.3 Å². The van der Waals surface area contributed by atoms with E-state index in [-0.39, 0.29) is 5.56 Å². The molecule has 2 aromatic carbocycles. The van der Waals surface area contributed by atoms with E-state index >= 15 is 0 Å². The maximum atomic E-state index is 13.4. The van der Waals surface area contributed by atoms with E-state index < -0.39 is 0 Å². The fourth-order valence-corrected chi connectivity index (χ4v) is 4.66. The second kappa shape index (κ2) is 10.0. The van der Waals surface area contributed by atoms with Crippen LogP contribution < -0.4 is 20.8 Å². The maximum absolute atomic E-state index is 13.4. The highest BCUT2D eigenvalue weighted by Crippen LogP contribution is 2.30.